The van der Waals surface area contributed by atoms with E-state index in [2.05, 4.69) is 0 Å². The molecule has 5 rings (SSSR count). The lowest BCUT2D eigenvalue weighted by molar-refractivity contribution is -0.134. The number of carbonyl (C=O) groups is 1. The van der Waals surface area contributed by atoms with Crippen LogP contribution in [-0.4, -0.2) is 28.5 Å². The Morgan fingerprint density at radius 3 is 2.77 bits per heavy atom. The monoisotopic (exact) mass is 456 g/mol. The highest BCUT2D eigenvalue weighted by Gasteiger charge is 2.36. The lowest BCUT2D eigenvalue weighted by Gasteiger charge is -2.42. The third-order valence-electron chi connectivity index (χ3n) is 6.28. The van der Waals surface area contributed by atoms with Gasteiger partial charge in [0.25, 0.3) is 5.56 Å². The average Bonchev–Trinajstić information content (AvgIpc) is 3.21. The Morgan fingerprint density at radius 2 is 1.94 bits per heavy atom. The maximum absolute atomic E-state index is 12.9. The zero-order chi connectivity index (χ0) is 21.5. The lowest BCUT2D eigenvalue weighted by Crippen LogP contribution is -2.49. The van der Waals surface area contributed by atoms with Gasteiger partial charge in [-0.1, -0.05) is 29.3 Å². The Kier molecular flexibility index (Phi) is 5.40. The number of benzene rings is 1. The number of piperidine rings is 1. The van der Waals surface area contributed by atoms with Gasteiger partial charge in [0.15, 0.2) is 0 Å². The molecular weight excluding hydrogens is 435 g/mol. The normalized spacial score (nSPS) is 19.9. The summed E-state index contributed by atoms with van der Waals surface area (Å²) in [5.41, 5.74) is 1.89. The van der Waals surface area contributed by atoms with Gasteiger partial charge >= 0.3 is 0 Å². The molecule has 1 amide bonds. The number of fused-ring (bicyclic) bond motifs is 4. The summed E-state index contributed by atoms with van der Waals surface area (Å²) in [4.78, 5) is 27.1. The molecule has 2 aliphatic rings. The van der Waals surface area contributed by atoms with Crippen molar-refractivity contribution in [3.05, 3.63) is 80.4 Å². The second-order valence-corrected chi connectivity index (χ2v) is 9.23. The number of aryl methyl sites for hydroxylation is 1. The van der Waals surface area contributed by atoms with Crippen LogP contribution >= 0.6 is 23.2 Å². The fourth-order valence-electron chi connectivity index (χ4n) is 4.83. The van der Waals surface area contributed by atoms with Gasteiger partial charge in [-0.2, -0.15) is 0 Å². The predicted molar refractivity (Wildman–Crippen MR) is 121 cm³/mol. The maximum atomic E-state index is 12.9. The minimum Gasteiger partial charge on any atom is -0.461 e. The van der Waals surface area contributed by atoms with Gasteiger partial charge in [0, 0.05) is 60.7 Å². The summed E-state index contributed by atoms with van der Waals surface area (Å²) in [5.74, 6) is 2.11. The summed E-state index contributed by atoms with van der Waals surface area (Å²) in [6.45, 7) is 2.07. The first-order valence-corrected chi connectivity index (χ1v) is 11.2. The molecule has 160 valence electrons. The van der Waals surface area contributed by atoms with Crippen LogP contribution in [0.5, 0.6) is 0 Å². The van der Waals surface area contributed by atoms with Crippen molar-refractivity contribution in [2.75, 3.05) is 13.1 Å². The molecule has 4 heterocycles. The van der Waals surface area contributed by atoms with Gasteiger partial charge in [-0.05, 0) is 48.7 Å². The van der Waals surface area contributed by atoms with Crippen LogP contribution in [0.3, 0.4) is 0 Å². The van der Waals surface area contributed by atoms with Crippen LogP contribution in [0.1, 0.15) is 30.2 Å². The molecule has 0 N–H and O–H groups in total. The van der Waals surface area contributed by atoms with Crippen LogP contribution in [0.15, 0.2) is 57.7 Å². The number of carbonyl (C=O) groups excluding carboxylic acids is 1. The van der Waals surface area contributed by atoms with Gasteiger partial charge in [0.05, 0.1) is 5.02 Å². The molecule has 1 fully saturated rings. The molecule has 7 heteroatoms. The van der Waals surface area contributed by atoms with Crippen LogP contribution in [0.4, 0.5) is 0 Å². The Labute approximate surface area is 190 Å². The van der Waals surface area contributed by atoms with E-state index < -0.39 is 0 Å². The largest absolute Gasteiger partial charge is 0.461 e. The Hall–Kier alpha value is -2.50. The molecule has 1 aromatic carbocycles. The Balaban J connectivity index is 1.24. The van der Waals surface area contributed by atoms with Crippen molar-refractivity contribution in [1.82, 2.24) is 9.47 Å². The van der Waals surface area contributed by atoms with Gasteiger partial charge < -0.3 is 13.9 Å². The number of hydrogen-bond acceptors (Lipinski definition) is 3. The number of nitrogens with zero attached hydrogens (tertiary/aromatic N) is 2. The van der Waals surface area contributed by atoms with Crippen molar-refractivity contribution >= 4 is 29.1 Å². The molecule has 1 saturated heterocycles. The molecule has 2 aromatic heterocycles. The number of furan rings is 1. The van der Waals surface area contributed by atoms with Crippen molar-refractivity contribution in [3.63, 3.8) is 0 Å². The highest BCUT2D eigenvalue weighted by Crippen LogP contribution is 2.35. The van der Waals surface area contributed by atoms with E-state index in [1.807, 2.05) is 39.8 Å². The third kappa shape index (κ3) is 4.04. The number of pyridine rings is 1. The number of amides is 1. The fraction of sp³-hybridized carbons (Fsp3) is 0.333. The van der Waals surface area contributed by atoms with Crippen LogP contribution in [-0.2, 0) is 17.8 Å². The van der Waals surface area contributed by atoms with E-state index in [9.17, 15) is 9.59 Å². The quantitative estimate of drug-likeness (QED) is 0.555. The van der Waals surface area contributed by atoms with Gasteiger partial charge in [-0.15, -0.1) is 0 Å². The first-order chi connectivity index (χ1) is 15.0. The minimum absolute atomic E-state index is 0.0568. The lowest BCUT2D eigenvalue weighted by atomic mass is 9.83. The zero-order valence-electron chi connectivity index (χ0n) is 16.9. The Morgan fingerprint density at radius 1 is 1.06 bits per heavy atom. The molecule has 0 radical (unpaired) electrons. The third-order valence-corrected chi connectivity index (χ3v) is 6.82. The first-order valence-electron chi connectivity index (χ1n) is 10.5. The van der Waals surface area contributed by atoms with Crippen molar-refractivity contribution in [2.24, 2.45) is 5.92 Å². The predicted octanol–water partition coefficient (Wildman–Crippen LogP) is 4.99. The first kappa shape index (κ1) is 20.4. The number of aromatic nitrogens is 1. The van der Waals surface area contributed by atoms with E-state index in [0.717, 1.165) is 23.4 Å². The smallest absolute Gasteiger partial charge is 0.250 e. The number of likely N-dealkylation sites (tertiary alicyclic amines) is 1. The van der Waals surface area contributed by atoms with E-state index in [4.69, 9.17) is 27.6 Å². The molecule has 3 aromatic rings. The SMILES string of the molecule is O=C(CCc1ccc(-c2ccc(Cl)cc2Cl)o1)N1CC2CC(C1)c1cccc(=O)n1C2. The van der Waals surface area contributed by atoms with Crippen molar-refractivity contribution in [3.8, 4) is 11.3 Å². The molecule has 2 aliphatic heterocycles. The van der Waals surface area contributed by atoms with Crippen molar-refractivity contribution in [1.29, 1.82) is 0 Å². The molecule has 2 atom stereocenters. The molecule has 5 nitrogen and oxygen atoms in total. The van der Waals surface area contributed by atoms with Crippen molar-refractivity contribution < 1.29 is 9.21 Å². The van der Waals surface area contributed by atoms with Crippen molar-refractivity contribution in [2.45, 2.75) is 31.7 Å². The van der Waals surface area contributed by atoms with E-state index >= 15 is 0 Å². The summed E-state index contributed by atoms with van der Waals surface area (Å²) >= 11 is 12.2. The second kappa shape index (κ2) is 8.21. The van der Waals surface area contributed by atoms with Crippen LogP contribution in [0.25, 0.3) is 11.3 Å². The number of hydrogen-bond donors (Lipinski definition) is 0. The van der Waals surface area contributed by atoms with E-state index in [1.165, 1.54) is 0 Å². The van der Waals surface area contributed by atoms with Crippen LogP contribution in [0.2, 0.25) is 10.0 Å². The molecule has 2 bridgehead atoms. The fourth-order valence-corrected chi connectivity index (χ4v) is 5.34. The highest BCUT2D eigenvalue weighted by atomic mass is 35.5. The summed E-state index contributed by atoms with van der Waals surface area (Å²) in [6.07, 6.45) is 1.96. The van der Waals surface area contributed by atoms with Gasteiger partial charge in [-0.25, -0.2) is 0 Å². The highest BCUT2D eigenvalue weighted by molar-refractivity contribution is 6.36. The van der Waals surface area contributed by atoms with E-state index in [0.29, 0.717) is 54.2 Å². The van der Waals surface area contributed by atoms with E-state index in [-0.39, 0.29) is 17.4 Å². The van der Waals surface area contributed by atoms with Gasteiger partial charge in [0.1, 0.15) is 11.5 Å². The summed E-state index contributed by atoms with van der Waals surface area (Å²) in [6, 6.07) is 14.5. The molecule has 0 spiro atoms. The van der Waals surface area contributed by atoms with Gasteiger partial charge in [-0.3, -0.25) is 9.59 Å². The second-order valence-electron chi connectivity index (χ2n) is 8.39. The molecule has 0 aliphatic carbocycles. The van der Waals surface area contributed by atoms with E-state index in [1.54, 1.807) is 18.2 Å². The minimum atomic E-state index is 0.0568. The molecule has 31 heavy (non-hydrogen) atoms. The van der Waals surface area contributed by atoms with Crippen LogP contribution in [0, 0.1) is 5.92 Å². The van der Waals surface area contributed by atoms with Gasteiger partial charge in [0.2, 0.25) is 5.91 Å². The average molecular weight is 457 g/mol. The summed E-state index contributed by atoms with van der Waals surface area (Å²) in [7, 11) is 0. The molecule has 2 unspecified atom stereocenters. The maximum Gasteiger partial charge on any atom is 0.250 e. The standard InChI is InChI=1S/C24H22Cl2N2O3/c25-17-4-7-19(20(26)11-17)22-8-5-18(31-22)6-9-23(29)27-12-15-10-16(14-27)21-2-1-3-24(30)28(21)13-15/h1-5,7-8,11,15-16H,6,9-10,12-14H2. The molecular formula is C24H22Cl2N2O3. The Bertz CT molecular complexity index is 1200. The number of rotatable bonds is 4. The number of halogens is 2. The zero-order valence-corrected chi connectivity index (χ0v) is 18.4. The summed E-state index contributed by atoms with van der Waals surface area (Å²) in [5, 5.41) is 1.11. The topological polar surface area (TPSA) is 55.5 Å². The molecule has 0 saturated carbocycles. The van der Waals surface area contributed by atoms with Crippen LogP contribution < -0.4 is 5.56 Å². The summed E-state index contributed by atoms with van der Waals surface area (Å²) < 4.78 is 7.81.